The third kappa shape index (κ3) is 1.93. The van der Waals surface area contributed by atoms with Crippen LogP contribution in [0.4, 0.5) is 0 Å². The Bertz CT molecular complexity index is 623. The van der Waals surface area contributed by atoms with Crippen LogP contribution in [-0.2, 0) is 14.3 Å². The van der Waals surface area contributed by atoms with E-state index in [1.54, 1.807) is 16.7 Å². The number of carbonyl (C=O) groups is 1. The Labute approximate surface area is 138 Å². The number of allylic oxidation sites excluding steroid dienone is 3. The van der Waals surface area contributed by atoms with Gasteiger partial charge in [-0.15, -0.1) is 0 Å². The molecule has 5 aliphatic rings. The molecule has 124 valence electrons. The molecule has 1 spiro atoms. The largest absolute Gasteiger partial charge is 0.347 e. The number of rotatable bonds is 0. The zero-order valence-electron chi connectivity index (χ0n) is 14.0. The van der Waals surface area contributed by atoms with Crippen LogP contribution in [0.5, 0.6) is 0 Å². The summed E-state index contributed by atoms with van der Waals surface area (Å²) in [6, 6.07) is 0. The Morgan fingerprint density at radius 3 is 2.78 bits per heavy atom. The highest BCUT2D eigenvalue weighted by Gasteiger charge is 2.53. The van der Waals surface area contributed by atoms with Gasteiger partial charge in [0, 0.05) is 24.7 Å². The molecule has 0 aromatic heterocycles. The number of carbonyl (C=O) groups excluding carboxylic acids is 1. The van der Waals surface area contributed by atoms with E-state index in [0.717, 1.165) is 51.7 Å². The number of ether oxygens (including phenoxy) is 2. The minimum Gasteiger partial charge on any atom is -0.347 e. The molecule has 0 N–H and O–H groups in total. The summed E-state index contributed by atoms with van der Waals surface area (Å²) >= 11 is 0. The van der Waals surface area contributed by atoms with Crippen molar-refractivity contribution in [1.29, 1.82) is 0 Å². The fourth-order valence-corrected chi connectivity index (χ4v) is 6.08. The van der Waals surface area contributed by atoms with Crippen LogP contribution in [0, 0.1) is 17.3 Å². The average molecular weight is 314 g/mol. The van der Waals surface area contributed by atoms with Gasteiger partial charge in [0.05, 0.1) is 13.2 Å². The Hall–Kier alpha value is -0.930. The van der Waals surface area contributed by atoms with E-state index < -0.39 is 0 Å². The van der Waals surface area contributed by atoms with Crippen LogP contribution < -0.4 is 0 Å². The predicted octanol–water partition coefficient (Wildman–Crippen LogP) is 3.94. The van der Waals surface area contributed by atoms with Gasteiger partial charge in [-0.1, -0.05) is 18.6 Å². The quantitative estimate of drug-likeness (QED) is 0.679. The maximum Gasteiger partial charge on any atom is 0.172 e. The van der Waals surface area contributed by atoms with Crippen molar-refractivity contribution < 1.29 is 14.3 Å². The van der Waals surface area contributed by atoms with E-state index in [9.17, 15) is 4.79 Å². The second kappa shape index (κ2) is 4.80. The summed E-state index contributed by atoms with van der Waals surface area (Å²) in [7, 11) is 0. The molecular formula is C20H26O3. The van der Waals surface area contributed by atoms with E-state index in [4.69, 9.17) is 9.47 Å². The van der Waals surface area contributed by atoms with Crippen molar-refractivity contribution in [3.05, 3.63) is 22.8 Å². The van der Waals surface area contributed by atoms with Gasteiger partial charge in [0.15, 0.2) is 5.79 Å². The standard InChI is InChI=1S/C20H26O3/c1-19-8-6-15-14-7-9-20(22-10-11-23-20)12-13(14)2-3-16(15)17(19)4-5-18(19)21/h6,16-17H,2-5,7-12H2,1H3/t16-,17+,19+/m0/s1. The molecule has 23 heavy (non-hydrogen) atoms. The molecule has 0 unspecified atom stereocenters. The molecule has 3 heteroatoms. The van der Waals surface area contributed by atoms with Gasteiger partial charge in [-0.3, -0.25) is 4.79 Å². The lowest BCUT2D eigenvalue weighted by Gasteiger charge is -2.46. The molecule has 3 atom stereocenters. The molecule has 3 nitrogen and oxygen atoms in total. The SMILES string of the molecule is C[C@@]12CC=C3C4=C(CC[C@@H]3[C@H]1CCC2=O)CC1(CC4)OCCO1. The van der Waals surface area contributed by atoms with Crippen molar-refractivity contribution in [2.45, 2.75) is 64.1 Å². The molecule has 1 aliphatic heterocycles. The molecule has 4 aliphatic carbocycles. The average Bonchev–Trinajstić information content (AvgIpc) is 3.12. The maximum atomic E-state index is 12.4. The summed E-state index contributed by atoms with van der Waals surface area (Å²) in [4.78, 5) is 12.4. The molecule has 0 aromatic carbocycles. The first kappa shape index (κ1) is 14.4. The van der Waals surface area contributed by atoms with Crippen LogP contribution in [0.15, 0.2) is 22.8 Å². The number of ketones is 1. The summed E-state index contributed by atoms with van der Waals surface area (Å²) in [5, 5.41) is 0. The molecular weight excluding hydrogens is 288 g/mol. The number of Topliss-reactive ketones (excluding diaryl/α,β-unsaturated/α-hetero) is 1. The monoisotopic (exact) mass is 314 g/mol. The first-order valence-corrected chi connectivity index (χ1v) is 9.34. The second-order valence-electron chi connectivity index (χ2n) is 8.36. The lowest BCUT2D eigenvalue weighted by molar-refractivity contribution is -0.164. The van der Waals surface area contributed by atoms with Gasteiger partial charge in [0.25, 0.3) is 0 Å². The second-order valence-corrected chi connectivity index (χ2v) is 8.36. The van der Waals surface area contributed by atoms with Crippen molar-refractivity contribution >= 4 is 5.78 Å². The van der Waals surface area contributed by atoms with E-state index in [0.29, 0.717) is 17.6 Å². The molecule has 0 aromatic rings. The Morgan fingerprint density at radius 1 is 1.13 bits per heavy atom. The van der Waals surface area contributed by atoms with Crippen LogP contribution in [0.3, 0.4) is 0 Å². The fourth-order valence-electron chi connectivity index (χ4n) is 6.08. The first-order valence-electron chi connectivity index (χ1n) is 9.34. The van der Waals surface area contributed by atoms with Crippen LogP contribution in [0.1, 0.15) is 58.3 Å². The van der Waals surface area contributed by atoms with Gasteiger partial charge in [-0.25, -0.2) is 0 Å². The summed E-state index contributed by atoms with van der Waals surface area (Å²) in [5.74, 6) is 1.41. The predicted molar refractivity (Wildman–Crippen MR) is 86.8 cm³/mol. The molecule has 1 saturated heterocycles. The van der Waals surface area contributed by atoms with E-state index >= 15 is 0 Å². The molecule has 0 amide bonds. The highest BCUT2D eigenvalue weighted by Crippen LogP contribution is 2.58. The van der Waals surface area contributed by atoms with E-state index in [1.165, 1.54) is 12.8 Å². The summed E-state index contributed by atoms with van der Waals surface area (Å²) < 4.78 is 11.9. The van der Waals surface area contributed by atoms with Crippen LogP contribution in [0.2, 0.25) is 0 Å². The van der Waals surface area contributed by atoms with E-state index in [2.05, 4.69) is 13.0 Å². The maximum absolute atomic E-state index is 12.4. The number of hydrogen-bond acceptors (Lipinski definition) is 3. The van der Waals surface area contributed by atoms with E-state index in [-0.39, 0.29) is 11.2 Å². The van der Waals surface area contributed by atoms with Gasteiger partial charge >= 0.3 is 0 Å². The Morgan fingerprint density at radius 2 is 1.96 bits per heavy atom. The molecule has 5 rings (SSSR count). The summed E-state index contributed by atoms with van der Waals surface area (Å²) in [5.41, 5.74) is 4.71. The topological polar surface area (TPSA) is 35.5 Å². The normalized spacial score (nSPS) is 41.6. The van der Waals surface area contributed by atoms with Gasteiger partial charge in [-0.05, 0) is 55.1 Å². The number of fused-ring (bicyclic) bond motifs is 4. The van der Waals surface area contributed by atoms with E-state index in [1.807, 2.05) is 0 Å². The van der Waals surface area contributed by atoms with Crippen molar-refractivity contribution in [3.63, 3.8) is 0 Å². The third-order valence-electron chi connectivity index (χ3n) is 7.35. The van der Waals surface area contributed by atoms with Crippen molar-refractivity contribution in [2.75, 3.05) is 13.2 Å². The lowest BCUT2D eigenvalue weighted by Crippen LogP contribution is -2.41. The molecule has 0 radical (unpaired) electrons. The zero-order chi connectivity index (χ0) is 15.7. The smallest absolute Gasteiger partial charge is 0.172 e. The Kier molecular flexibility index (Phi) is 3.01. The van der Waals surface area contributed by atoms with Gasteiger partial charge < -0.3 is 9.47 Å². The van der Waals surface area contributed by atoms with Crippen molar-refractivity contribution in [3.8, 4) is 0 Å². The summed E-state index contributed by atoms with van der Waals surface area (Å²) in [6.07, 6.45) is 10.7. The fraction of sp³-hybridized carbons (Fsp3) is 0.750. The molecule has 1 saturated carbocycles. The van der Waals surface area contributed by atoms with Gasteiger partial charge in [0.1, 0.15) is 5.78 Å². The molecule has 0 bridgehead atoms. The molecule has 2 fully saturated rings. The highest BCUT2D eigenvalue weighted by molar-refractivity contribution is 5.87. The first-order chi connectivity index (χ1) is 11.1. The Balaban J connectivity index is 1.49. The van der Waals surface area contributed by atoms with Crippen LogP contribution in [-0.4, -0.2) is 24.8 Å². The van der Waals surface area contributed by atoms with Gasteiger partial charge in [-0.2, -0.15) is 0 Å². The van der Waals surface area contributed by atoms with Crippen molar-refractivity contribution in [2.24, 2.45) is 17.3 Å². The zero-order valence-corrected chi connectivity index (χ0v) is 14.0. The third-order valence-corrected chi connectivity index (χ3v) is 7.35. The molecule has 1 heterocycles. The minimum atomic E-state index is -0.307. The lowest BCUT2D eigenvalue weighted by atomic mass is 9.58. The number of hydrogen-bond donors (Lipinski definition) is 0. The van der Waals surface area contributed by atoms with Crippen LogP contribution >= 0.6 is 0 Å². The van der Waals surface area contributed by atoms with Gasteiger partial charge in [0.2, 0.25) is 0 Å². The van der Waals surface area contributed by atoms with Crippen LogP contribution in [0.25, 0.3) is 0 Å². The summed E-state index contributed by atoms with van der Waals surface area (Å²) in [6.45, 7) is 3.72. The van der Waals surface area contributed by atoms with Crippen molar-refractivity contribution in [1.82, 2.24) is 0 Å². The highest BCUT2D eigenvalue weighted by atomic mass is 16.7. The minimum absolute atomic E-state index is 0.0696.